The number of amides is 1. The molecule has 2 aliphatic heterocycles. The van der Waals surface area contributed by atoms with Crippen molar-refractivity contribution in [2.24, 2.45) is 0 Å². The third-order valence-corrected chi connectivity index (χ3v) is 7.35. The summed E-state index contributed by atoms with van der Waals surface area (Å²) in [5.41, 5.74) is 1.01. The van der Waals surface area contributed by atoms with Crippen LogP contribution in [0.1, 0.15) is 36.0 Å². The summed E-state index contributed by atoms with van der Waals surface area (Å²) in [5, 5.41) is 9.97. The first-order valence-electron chi connectivity index (χ1n) is 13.0. The van der Waals surface area contributed by atoms with Crippen molar-refractivity contribution < 1.29 is 22.7 Å². The molecule has 1 saturated heterocycles. The van der Waals surface area contributed by atoms with Crippen molar-refractivity contribution in [1.29, 1.82) is 0 Å². The Bertz CT molecular complexity index is 1540. The van der Waals surface area contributed by atoms with Gasteiger partial charge in [-0.15, -0.1) is 5.10 Å². The van der Waals surface area contributed by atoms with E-state index in [0.29, 0.717) is 69.4 Å². The van der Waals surface area contributed by atoms with Crippen molar-refractivity contribution in [1.82, 2.24) is 24.5 Å². The van der Waals surface area contributed by atoms with E-state index in [1.54, 1.807) is 4.57 Å². The Morgan fingerprint density at radius 2 is 2.00 bits per heavy atom. The molecule has 214 valence electrons. The number of halogens is 4. The lowest BCUT2D eigenvalue weighted by Gasteiger charge is -2.31. The van der Waals surface area contributed by atoms with E-state index in [-0.39, 0.29) is 29.1 Å². The van der Waals surface area contributed by atoms with Crippen LogP contribution in [-0.4, -0.2) is 64.5 Å². The Morgan fingerprint density at radius 3 is 2.65 bits per heavy atom. The number of aryl methyl sites for hydroxylation is 1. The van der Waals surface area contributed by atoms with Gasteiger partial charge in [0.1, 0.15) is 12.2 Å². The van der Waals surface area contributed by atoms with Gasteiger partial charge >= 0.3 is 6.18 Å². The molecule has 0 radical (unpaired) electrons. The average molecular weight is 580 g/mol. The molecule has 0 atom stereocenters. The quantitative estimate of drug-likeness (QED) is 0.462. The second-order valence-corrected chi connectivity index (χ2v) is 10.1. The van der Waals surface area contributed by atoms with Crippen molar-refractivity contribution in [3.8, 4) is 0 Å². The Balaban J connectivity index is 1.58. The molecule has 0 spiro atoms. The summed E-state index contributed by atoms with van der Waals surface area (Å²) in [6, 6.07) is 2.00. The molecule has 4 heterocycles. The number of hydrogen-bond acceptors (Lipinski definition) is 7. The van der Waals surface area contributed by atoms with Crippen molar-refractivity contribution in [2.45, 2.75) is 39.4 Å². The third kappa shape index (κ3) is 5.45. The molecule has 40 heavy (non-hydrogen) atoms. The lowest BCUT2D eigenvalue weighted by molar-refractivity contribution is -0.137. The average Bonchev–Trinajstić information content (AvgIpc) is 3.38. The molecule has 3 aromatic rings. The van der Waals surface area contributed by atoms with Gasteiger partial charge < -0.3 is 24.8 Å². The number of hydrogen-bond donors (Lipinski definition) is 2. The van der Waals surface area contributed by atoms with E-state index in [2.05, 4.69) is 20.7 Å². The zero-order chi connectivity index (χ0) is 28.6. The zero-order valence-electron chi connectivity index (χ0n) is 22.1. The molecule has 0 bridgehead atoms. The number of aromatic nitrogens is 4. The van der Waals surface area contributed by atoms with Gasteiger partial charge in [-0.05, 0) is 43.0 Å². The van der Waals surface area contributed by atoms with Gasteiger partial charge in [-0.3, -0.25) is 9.59 Å². The number of anilines is 2. The van der Waals surface area contributed by atoms with Crippen LogP contribution in [-0.2, 0) is 28.7 Å². The van der Waals surface area contributed by atoms with Gasteiger partial charge in [0, 0.05) is 31.9 Å². The number of alkyl halides is 3. The number of fused-ring (bicyclic) bond motifs is 1. The first-order chi connectivity index (χ1) is 19.1. The van der Waals surface area contributed by atoms with E-state index in [0.717, 1.165) is 17.7 Å². The first kappa shape index (κ1) is 28.1. The number of carbonyl (C=O) groups excluding carboxylic acids is 1. The fraction of sp³-hybridized carbons (Fsp3) is 0.462. The van der Waals surface area contributed by atoms with E-state index in [4.69, 9.17) is 16.3 Å². The van der Waals surface area contributed by atoms with Gasteiger partial charge in [0.2, 0.25) is 11.7 Å². The summed E-state index contributed by atoms with van der Waals surface area (Å²) in [6.07, 6.45) is -1.73. The SMILES string of the molecule is CCc1c(N2CCNCC2)c(=O)n2nc(C3=CCOCC3)nc2n1CC(=O)Nc1cc(Cl)c(C(F)(F)F)cc1C. The molecule has 1 amide bonds. The van der Waals surface area contributed by atoms with Crippen molar-refractivity contribution in [2.75, 3.05) is 49.6 Å². The van der Waals surface area contributed by atoms with Gasteiger partial charge in [-0.25, -0.2) is 0 Å². The highest BCUT2D eigenvalue weighted by Gasteiger charge is 2.34. The summed E-state index contributed by atoms with van der Waals surface area (Å²) in [5.74, 6) is 0.0835. The van der Waals surface area contributed by atoms with Crippen LogP contribution in [0, 0.1) is 6.92 Å². The highest BCUT2D eigenvalue weighted by atomic mass is 35.5. The van der Waals surface area contributed by atoms with Gasteiger partial charge in [-0.1, -0.05) is 24.6 Å². The van der Waals surface area contributed by atoms with E-state index < -0.39 is 22.7 Å². The van der Waals surface area contributed by atoms with E-state index in [1.807, 2.05) is 17.9 Å². The van der Waals surface area contributed by atoms with Crippen LogP contribution in [0.15, 0.2) is 23.0 Å². The highest BCUT2D eigenvalue weighted by molar-refractivity contribution is 6.31. The van der Waals surface area contributed by atoms with Gasteiger partial charge in [-0.2, -0.15) is 22.7 Å². The smallest absolute Gasteiger partial charge is 0.377 e. The standard InChI is InChI=1S/C26H29ClF3N7O3/c1-3-20-22(35-8-6-31-7-9-35)24(39)37-25(33-23(34-37)16-4-10-40-11-5-16)36(20)14-21(38)32-19-13-18(27)17(12-15(19)2)26(28,29)30/h4,12-13,31H,3,5-11,14H2,1-2H3,(H,32,38). The van der Waals surface area contributed by atoms with Gasteiger partial charge in [0.15, 0.2) is 5.82 Å². The summed E-state index contributed by atoms with van der Waals surface area (Å²) < 4.78 is 48.1. The maximum absolute atomic E-state index is 13.8. The minimum absolute atomic E-state index is 0.162. The molecule has 14 heteroatoms. The zero-order valence-corrected chi connectivity index (χ0v) is 22.8. The van der Waals surface area contributed by atoms with Crippen LogP contribution >= 0.6 is 11.6 Å². The maximum atomic E-state index is 13.8. The second-order valence-electron chi connectivity index (χ2n) is 9.67. The molecular formula is C26H29ClF3N7O3. The van der Waals surface area contributed by atoms with Gasteiger partial charge in [0.05, 0.1) is 29.5 Å². The van der Waals surface area contributed by atoms with Crippen LogP contribution in [0.2, 0.25) is 5.02 Å². The molecule has 5 rings (SSSR count). The number of nitrogens with one attached hydrogen (secondary N) is 2. The highest BCUT2D eigenvalue weighted by Crippen LogP contribution is 2.37. The lowest BCUT2D eigenvalue weighted by atomic mass is 10.1. The van der Waals surface area contributed by atoms with E-state index in [1.165, 1.54) is 11.4 Å². The first-order valence-corrected chi connectivity index (χ1v) is 13.4. The number of piperazine rings is 1. The topological polar surface area (TPSA) is 106 Å². The monoisotopic (exact) mass is 579 g/mol. The normalized spacial score (nSPS) is 16.4. The van der Waals surface area contributed by atoms with Crippen molar-refractivity contribution in [3.63, 3.8) is 0 Å². The van der Waals surface area contributed by atoms with Crippen LogP contribution in [0.3, 0.4) is 0 Å². The molecule has 0 saturated carbocycles. The van der Waals surface area contributed by atoms with Gasteiger partial charge in [0.25, 0.3) is 5.56 Å². The number of nitrogens with zero attached hydrogens (tertiary/aromatic N) is 5. The molecular weight excluding hydrogens is 551 g/mol. The molecule has 1 fully saturated rings. The van der Waals surface area contributed by atoms with Crippen LogP contribution in [0.25, 0.3) is 11.4 Å². The Morgan fingerprint density at radius 1 is 1.25 bits per heavy atom. The molecule has 0 aliphatic carbocycles. The van der Waals surface area contributed by atoms with Crippen LogP contribution in [0.5, 0.6) is 0 Å². The molecule has 0 unspecified atom stereocenters. The maximum Gasteiger partial charge on any atom is 0.417 e. The fourth-order valence-corrected chi connectivity index (χ4v) is 5.32. The summed E-state index contributed by atoms with van der Waals surface area (Å²) in [6.45, 7) is 6.64. The molecule has 10 nitrogen and oxygen atoms in total. The number of rotatable bonds is 6. The Labute approximate surface area is 232 Å². The Kier molecular flexibility index (Phi) is 7.89. The van der Waals surface area contributed by atoms with E-state index >= 15 is 0 Å². The number of benzene rings is 1. The number of carbonyl (C=O) groups is 1. The molecule has 2 N–H and O–H groups in total. The third-order valence-electron chi connectivity index (χ3n) is 7.04. The summed E-state index contributed by atoms with van der Waals surface area (Å²) >= 11 is 5.90. The largest absolute Gasteiger partial charge is 0.417 e. The second kappa shape index (κ2) is 11.2. The molecule has 1 aromatic carbocycles. The molecule has 2 aromatic heterocycles. The Hall–Kier alpha value is -3.42. The van der Waals surface area contributed by atoms with Crippen molar-refractivity contribution >= 4 is 40.2 Å². The van der Waals surface area contributed by atoms with Crippen LogP contribution < -0.4 is 21.1 Å². The summed E-state index contributed by atoms with van der Waals surface area (Å²) in [4.78, 5) is 33.7. The minimum Gasteiger partial charge on any atom is -0.377 e. The summed E-state index contributed by atoms with van der Waals surface area (Å²) in [7, 11) is 0. The predicted octanol–water partition coefficient (Wildman–Crippen LogP) is 3.29. The van der Waals surface area contributed by atoms with Crippen LogP contribution in [0.4, 0.5) is 24.5 Å². The lowest BCUT2D eigenvalue weighted by Crippen LogP contribution is -2.47. The fourth-order valence-electron chi connectivity index (χ4n) is 5.05. The minimum atomic E-state index is -4.62. The number of ether oxygens (including phenoxy) is 1. The van der Waals surface area contributed by atoms with Crippen molar-refractivity contribution in [3.05, 3.63) is 56.2 Å². The predicted molar refractivity (Wildman–Crippen MR) is 145 cm³/mol. The molecule has 2 aliphatic rings. The van der Waals surface area contributed by atoms with E-state index in [9.17, 15) is 22.8 Å².